The van der Waals surface area contributed by atoms with Gasteiger partial charge in [0.15, 0.2) is 17.8 Å². The highest BCUT2D eigenvalue weighted by molar-refractivity contribution is 5.32. The van der Waals surface area contributed by atoms with Gasteiger partial charge in [0.25, 0.3) is 0 Å². The van der Waals surface area contributed by atoms with Gasteiger partial charge >= 0.3 is 5.92 Å². The number of allylic oxidation sites excluding steroid dienone is 4. The summed E-state index contributed by atoms with van der Waals surface area (Å²) in [6.45, 7) is 0. The summed E-state index contributed by atoms with van der Waals surface area (Å²) in [5.74, 6) is -11.9. The van der Waals surface area contributed by atoms with Gasteiger partial charge in [-0.3, -0.25) is 0 Å². The molecule has 1 aliphatic rings. The third-order valence-corrected chi connectivity index (χ3v) is 1.32. The van der Waals surface area contributed by atoms with Gasteiger partial charge in [0.1, 0.15) is 0 Å². The second kappa shape index (κ2) is 2.53. The number of alkyl halides is 3. The SMILES string of the molecule is FC1=CC(F)C(F)=C(F)C1(F)F. The van der Waals surface area contributed by atoms with Gasteiger partial charge in [0, 0.05) is 0 Å². The molecule has 0 N–H and O–H groups in total. The third kappa shape index (κ3) is 1.11. The summed E-state index contributed by atoms with van der Waals surface area (Å²) >= 11 is 0. The van der Waals surface area contributed by atoms with Crippen molar-refractivity contribution in [2.24, 2.45) is 0 Å². The van der Waals surface area contributed by atoms with Gasteiger partial charge in [-0.05, 0) is 6.08 Å². The van der Waals surface area contributed by atoms with E-state index in [1.807, 2.05) is 0 Å². The van der Waals surface area contributed by atoms with Crippen LogP contribution in [0.15, 0.2) is 23.6 Å². The summed E-state index contributed by atoms with van der Waals surface area (Å²) in [5.41, 5.74) is 0. The molecule has 1 atom stereocenters. The van der Waals surface area contributed by atoms with Gasteiger partial charge in [0.05, 0.1) is 0 Å². The van der Waals surface area contributed by atoms with Crippen LogP contribution in [0, 0.1) is 0 Å². The van der Waals surface area contributed by atoms with E-state index in [1.54, 1.807) is 0 Å². The Bertz CT molecular complexity index is 263. The van der Waals surface area contributed by atoms with E-state index in [9.17, 15) is 26.3 Å². The molecule has 0 fully saturated rings. The van der Waals surface area contributed by atoms with Gasteiger partial charge in [-0.25, -0.2) is 17.6 Å². The van der Waals surface area contributed by atoms with Crippen molar-refractivity contribution in [1.29, 1.82) is 0 Å². The van der Waals surface area contributed by atoms with Crippen LogP contribution in [0.5, 0.6) is 0 Å². The fourth-order valence-corrected chi connectivity index (χ4v) is 0.682. The summed E-state index contributed by atoms with van der Waals surface area (Å²) in [6, 6.07) is 0. The molecule has 0 spiro atoms. The van der Waals surface area contributed by atoms with Crippen molar-refractivity contribution in [3.05, 3.63) is 23.6 Å². The lowest BCUT2D eigenvalue weighted by Crippen LogP contribution is -2.25. The van der Waals surface area contributed by atoms with Crippen molar-refractivity contribution >= 4 is 0 Å². The van der Waals surface area contributed by atoms with E-state index in [0.717, 1.165) is 0 Å². The lowest BCUT2D eigenvalue weighted by Gasteiger charge is -2.18. The molecule has 0 radical (unpaired) electrons. The van der Waals surface area contributed by atoms with Crippen LogP contribution in [-0.4, -0.2) is 12.1 Å². The van der Waals surface area contributed by atoms with E-state index in [2.05, 4.69) is 0 Å². The molecular weight excluding hydrogens is 186 g/mol. The molecule has 12 heavy (non-hydrogen) atoms. The van der Waals surface area contributed by atoms with Crippen molar-refractivity contribution < 1.29 is 26.3 Å². The van der Waals surface area contributed by atoms with Gasteiger partial charge in [-0.2, -0.15) is 8.78 Å². The van der Waals surface area contributed by atoms with E-state index < -0.39 is 29.6 Å². The zero-order valence-corrected chi connectivity index (χ0v) is 5.42. The zero-order valence-electron chi connectivity index (χ0n) is 5.42. The summed E-state index contributed by atoms with van der Waals surface area (Å²) in [6.07, 6.45) is -3.07. The number of halogens is 6. The molecule has 1 unspecified atom stereocenters. The maximum absolute atomic E-state index is 12.1. The largest absolute Gasteiger partial charge is 0.351 e. The Labute approximate surface area is 63.2 Å². The molecule has 1 rings (SSSR count). The number of rotatable bonds is 0. The lowest BCUT2D eigenvalue weighted by molar-refractivity contribution is 0.0222. The summed E-state index contributed by atoms with van der Waals surface area (Å²) in [4.78, 5) is 0. The number of hydrogen-bond donors (Lipinski definition) is 0. The Hall–Kier alpha value is -0.940. The molecule has 0 aromatic rings. The van der Waals surface area contributed by atoms with Gasteiger partial charge < -0.3 is 0 Å². The van der Waals surface area contributed by atoms with Crippen molar-refractivity contribution in [1.82, 2.24) is 0 Å². The van der Waals surface area contributed by atoms with Crippen LogP contribution in [-0.2, 0) is 0 Å². The van der Waals surface area contributed by atoms with Crippen LogP contribution in [0.25, 0.3) is 0 Å². The molecule has 0 nitrogen and oxygen atoms in total. The minimum Gasteiger partial charge on any atom is -0.235 e. The highest BCUT2D eigenvalue weighted by Crippen LogP contribution is 2.41. The number of hydrogen-bond acceptors (Lipinski definition) is 0. The van der Waals surface area contributed by atoms with E-state index in [0.29, 0.717) is 0 Å². The molecule has 0 saturated heterocycles. The average molecular weight is 188 g/mol. The van der Waals surface area contributed by atoms with E-state index in [-0.39, 0.29) is 6.08 Å². The minimum absolute atomic E-state index is 0.307. The summed E-state index contributed by atoms with van der Waals surface area (Å²) in [7, 11) is 0. The molecule has 0 bridgehead atoms. The first kappa shape index (κ1) is 9.15. The van der Waals surface area contributed by atoms with Crippen LogP contribution in [0.4, 0.5) is 26.3 Å². The first-order valence-electron chi connectivity index (χ1n) is 2.82. The topological polar surface area (TPSA) is 0 Å². The van der Waals surface area contributed by atoms with E-state index in [4.69, 9.17) is 0 Å². The second-order valence-corrected chi connectivity index (χ2v) is 2.15. The molecule has 0 aliphatic heterocycles. The van der Waals surface area contributed by atoms with Crippen molar-refractivity contribution in [2.45, 2.75) is 12.1 Å². The van der Waals surface area contributed by atoms with E-state index in [1.165, 1.54) is 0 Å². The average Bonchev–Trinajstić information content (AvgIpc) is 1.99. The van der Waals surface area contributed by atoms with Crippen LogP contribution in [0.3, 0.4) is 0 Å². The predicted molar refractivity (Wildman–Crippen MR) is 28.3 cm³/mol. The fraction of sp³-hybridized carbons (Fsp3) is 0.333. The normalized spacial score (nSPS) is 28.8. The van der Waals surface area contributed by atoms with Crippen LogP contribution >= 0.6 is 0 Å². The van der Waals surface area contributed by atoms with Gasteiger partial charge in [-0.15, -0.1) is 0 Å². The summed E-state index contributed by atoms with van der Waals surface area (Å²) < 4.78 is 72.6. The van der Waals surface area contributed by atoms with E-state index >= 15 is 0 Å². The van der Waals surface area contributed by atoms with Crippen molar-refractivity contribution in [3.8, 4) is 0 Å². The molecular formula is C6H2F6. The maximum atomic E-state index is 12.1. The van der Waals surface area contributed by atoms with Crippen molar-refractivity contribution in [2.75, 3.05) is 0 Å². The Kier molecular flexibility index (Phi) is 1.93. The molecule has 0 amide bonds. The quantitative estimate of drug-likeness (QED) is 0.512. The van der Waals surface area contributed by atoms with Crippen LogP contribution in [0.1, 0.15) is 0 Å². The standard InChI is InChI=1S/C6H2F6/c7-2-1-3(8)6(11,12)5(10)4(2)9/h1-2H. The Morgan fingerprint density at radius 2 is 1.67 bits per heavy atom. The van der Waals surface area contributed by atoms with Gasteiger partial charge in [0.2, 0.25) is 5.83 Å². The Balaban J connectivity index is 3.16. The third-order valence-electron chi connectivity index (χ3n) is 1.32. The highest BCUT2D eigenvalue weighted by atomic mass is 19.3. The van der Waals surface area contributed by atoms with Gasteiger partial charge in [-0.1, -0.05) is 0 Å². The first-order chi connectivity index (χ1) is 5.37. The van der Waals surface area contributed by atoms with Crippen LogP contribution in [0.2, 0.25) is 0 Å². The molecule has 68 valence electrons. The Morgan fingerprint density at radius 3 is 2.17 bits per heavy atom. The maximum Gasteiger partial charge on any atom is 0.351 e. The molecule has 6 heteroatoms. The predicted octanol–water partition coefficient (Wildman–Crippen LogP) is 2.98. The smallest absolute Gasteiger partial charge is 0.235 e. The van der Waals surface area contributed by atoms with Crippen molar-refractivity contribution in [3.63, 3.8) is 0 Å². The van der Waals surface area contributed by atoms with Crippen LogP contribution < -0.4 is 0 Å². The molecule has 0 heterocycles. The molecule has 0 aromatic carbocycles. The Morgan fingerprint density at radius 1 is 1.17 bits per heavy atom. The highest BCUT2D eigenvalue weighted by Gasteiger charge is 2.48. The zero-order chi connectivity index (χ0) is 9.52. The molecule has 0 saturated carbocycles. The lowest BCUT2D eigenvalue weighted by atomic mass is 10.1. The summed E-state index contributed by atoms with van der Waals surface area (Å²) in [5, 5.41) is 0. The molecule has 0 aromatic heterocycles. The second-order valence-electron chi connectivity index (χ2n) is 2.15. The fourth-order valence-electron chi connectivity index (χ4n) is 0.682. The molecule has 1 aliphatic carbocycles. The monoisotopic (exact) mass is 188 g/mol. The first-order valence-corrected chi connectivity index (χ1v) is 2.82. The minimum atomic E-state index is -4.66.